The molecule has 33 heavy (non-hydrogen) atoms. The molecule has 4 saturated carbocycles. The first-order valence-corrected chi connectivity index (χ1v) is 15.7. The molecule has 1 spiro atoms. The van der Waals surface area contributed by atoms with E-state index in [1.807, 2.05) is 0 Å². The predicted octanol–water partition coefficient (Wildman–Crippen LogP) is 6.18. The van der Waals surface area contributed by atoms with Crippen LogP contribution in [-0.4, -0.2) is 39.1 Å². The smallest absolute Gasteiger partial charge is 0.324 e. The first-order chi connectivity index (χ1) is 15.1. The van der Waals surface area contributed by atoms with Crippen molar-refractivity contribution in [2.24, 2.45) is 22.2 Å². The molecule has 1 saturated heterocycles. The number of hydrogen-bond donors (Lipinski definition) is 0. The molecule has 5 rings (SSSR count). The highest BCUT2D eigenvalue weighted by atomic mass is 28.4. The lowest BCUT2D eigenvalue weighted by Gasteiger charge is -2.64. The van der Waals surface area contributed by atoms with Crippen LogP contribution in [0, 0.1) is 22.2 Å². The van der Waals surface area contributed by atoms with Crippen LogP contribution in [-0.2, 0) is 23.5 Å². The summed E-state index contributed by atoms with van der Waals surface area (Å²) in [6.07, 6.45) is 8.76. The fourth-order valence-electron chi connectivity index (χ4n) is 7.43. The maximum atomic E-state index is 13.4. The van der Waals surface area contributed by atoms with Crippen LogP contribution in [0.25, 0.3) is 0 Å². The Morgan fingerprint density at radius 2 is 1.94 bits per heavy atom. The summed E-state index contributed by atoms with van der Waals surface area (Å²) >= 11 is 0. The highest BCUT2D eigenvalue weighted by molar-refractivity contribution is 6.74. The average Bonchev–Trinajstić information content (AvgIpc) is 3.31. The van der Waals surface area contributed by atoms with Gasteiger partial charge in [-0.1, -0.05) is 39.3 Å². The van der Waals surface area contributed by atoms with Gasteiger partial charge in [-0.3, -0.25) is 9.59 Å². The van der Waals surface area contributed by atoms with E-state index in [1.165, 1.54) is 12.7 Å². The summed E-state index contributed by atoms with van der Waals surface area (Å²) in [4.78, 5) is 26.3. The maximum absolute atomic E-state index is 13.4. The molecule has 6 atom stereocenters. The van der Waals surface area contributed by atoms with Crippen molar-refractivity contribution < 1.29 is 23.5 Å². The van der Waals surface area contributed by atoms with E-state index in [9.17, 15) is 9.59 Å². The van der Waals surface area contributed by atoms with Gasteiger partial charge in [0.2, 0.25) is 0 Å². The Balaban J connectivity index is 1.82. The quantitative estimate of drug-likeness (QED) is 0.198. The second kappa shape index (κ2) is 7.43. The molecule has 1 aliphatic heterocycles. The summed E-state index contributed by atoms with van der Waals surface area (Å²) in [6, 6.07) is 0. The van der Waals surface area contributed by atoms with Crippen molar-refractivity contribution in [3.05, 3.63) is 11.6 Å². The van der Waals surface area contributed by atoms with Crippen LogP contribution >= 0.6 is 0 Å². The molecule has 5 aliphatic rings. The molecule has 5 fully saturated rings. The Morgan fingerprint density at radius 3 is 2.48 bits per heavy atom. The Bertz CT molecular complexity index is 883. The Morgan fingerprint density at radius 1 is 1.27 bits per heavy atom. The van der Waals surface area contributed by atoms with Gasteiger partial charge in [0, 0.05) is 10.8 Å². The first kappa shape index (κ1) is 25.0. The van der Waals surface area contributed by atoms with Gasteiger partial charge < -0.3 is 13.9 Å². The van der Waals surface area contributed by atoms with E-state index in [2.05, 4.69) is 60.7 Å². The first-order valence-electron chi connectivity index (χ1n) is 12.8. The molecule has 0 aromatic rings. The van der Waals surface area contributed by atoms with Crippen LogP contribution < -0.4 is 0 Å². The zero-order chi connectivity index (χ0) is 24.7. The molecule has 0 aromatic carbocycles. The van der Waals surface area contributed by atoms with E-state index < -0.39 is 30.7 Å². The molecule has 0 aromatic heterocycles. The largest absolute Gasteiger partial charge is 0.468 e. The van der Waals surface area contributed by atoms with Crippen LogP contribution in [0.15, 0.2) is 11.6 Å². The second-order valence-corrected chi connectivity index (χ2v) is 18.1. The molecular weight excluding hydrogens is 432 g/mol. The molecule has 186 valence electrons. The number of rotatable bonds is 6. The van der Waals surface area contributed by atoms with Crippen molar-refractivity contribution in [2.45, 2.75) is 116 Å². The molecule has 1 heterocycles. The minimum atomic E-state index is -2.05. The number of allylic oxidation sites excluding steroid dienone is 2. The van der Waals surface area contributed by atoms with E-state index >= 15 is 0 Å². The lowest BCUT2D eigenvalue weighted by molar-refractivity contribution is -0.244. The zero-order valence-electron chi connectivity index (χ0n) is 22.2. The number of fused-ring (bicyclic) bond motifs is 3. The van der Waals surface area contributed by atoms with Crippen molar-refractivity contribution in [1.82, 2.24) is 0 Å². The topological polar surface area (TPSA) is 61.8 Å². The molecule has 5 nitrogen and oxygen atoms in total. The number of carbonyl (C=O) groups is 2. The highest BCUT2D eigenvalue weighted by Crippen LogP contribution is 2.83. The lowest BCUT2D eigenvalue weighted by atomic mass is 9.46. The summed E-state index contributed by atoms with van der Waals surface area (Å²) in [5.74, 6) is -0.324. The number of carbonyl (C=O) groups excluding carboxylic acids is 2. The lowest BCUT2D eigenvalue weighted by Crippen LogP contribution is -2.68. The summed E-state index contributed by atoms with van der Waals surface area (Å²) in [5, 5.41) is 0.101. The third-order valence-corrected chi connectivity index (χ3v) is 14.9. The molecule has 4 aliphatic carbocycles. The molecule has 4 unspecified atom stereocenters. The standard InChI is InChI=1S/C27H44O5Si/c1-18(2)11-10-13-25-14-12-19(15-20(25)32-33(8,9)23(3,4)5)16-27(25)24(6)17-26(24,21(28)30-7)22(29)31-27/h11,19-20H,10,12-17H2,1-9H3/t19?,20?,24-,25?,26+,27?/m1/s1. The molecule has 0 radical (unpaired) electrons. The summed E-state index contributed by atoms with van der Waals surface area (Å²) in [6.45, 7) is 17.9. The van der Waals surface area contributed by atoms with E-state index in [0.717, 1.165) is 38.5 Å². The highest BCUT2D eigenvalue weighted by Gasteiger charge is 2.92. The maximum Gasteiger partial charge on any atom is 0.324 e. The van der Waals surface area contributed by atoms with Crippen LogP contribution in [0.2, 0.25) is 18.1 Å². The van der Waals surface area contributed by atoms with Gasteiger partial charge in [0.15, 0.2) is 13.7 Å². The third-order valence-electron chi connectivity index (χ3n) is 10.4. The minimum absolute atomic E-state index is 0.0510. The fourth-order valence-corrected chi connectivity index (χ4v) is 8.81. The molecule has 0 amide bonds. The van der Waals surface area contributed by atoms with E-state index in [0.29, 0.717) is 12.3 Å². The van der Waals surface area contributed by atoms with Crippen LogP contribution in [0.1, 0.15) is 86.5 Å². The number of esters is 2. The SMILES string of the molecule is COC(=O)[C@]12C[C@@]1(C)C1(CC3CCC1(CCC=C(C)C)C(O[Si](C)(C)C(C)(C)C)C3)OC2=O. The van der Waals surface area contributed by atoms with Crippen molar-refractivity contribution in [2.75, 3.05) is 7.11 Å². The predicted molar refractivity (Wildman–Crippen MR) is 131 cm³/mol. The molecule has 6 heteroatoms. The summed E-state index contributed by atoms with van der Waals surface area (Å²) < 4.78 is 18.8. The number of hydrogen-bond acceptors (Lipinski definition) is 5. The van der Waals surface area contributed by atoms with Crippen molar-refractivity contribution >= 4 is 20.3 Å². The van der Waals surface area contributed by atoms with E-state index in [1.54, 1.807) is 0 Å². The van der Waals surface area contributed by atoms with Crippen molar-refractivity contribution in [3.63, 3.8) is 0 Å². The zero-order valence-corrected chi connectivity index (χ0v) is 23.2. The van der Waals surface area contributed by atoms with Crippen LogP contribution in [0.3, 0.4) is 0 Å². The molecule has 2 bridgehead atoms. The van der Waals surface area contributed by atoms with Gasteiger partial charge in [-0.25, -0.2) is 0 Å². The number of methoxy groups -OCH3 is 1. The second-order valence-electron chi connectivity index (χ2n) is 13.3. The van der Waals surface area contributed by atoms with Crippen LogP contribution in [0.4, 0.5) is 0 Å². The van der Waals surface area contributed by atoms with Gasteiger partial charge in [-0.05, 0) is 82.8 Å². The van der Waals surface area contributed by atoms with Gasteiger partial charge in [0.05, 0.1) is 13.2 Å². The monoisotopic (exact) mass is 476 g/mol. The van der Waals surface area contributed by atoms with Crippen LogP contribution in [0.5, 0.6) is 0 Å². The Labute approximate surface area is 201 Å². The Hall–Kier alpha value is -1.14. The molecule has 0 N–H and O–H groups in total. The normalized spacial score (nSPS) is 41.5. The van der Waals surface area contributed by atoms with Gasteiger partial charge in [-0.2, -0.15) is 0 Å². The Kier molecular flexibility index (Phi) is 5.62. The van der Waals surface area contributed by atoms with E-state index in [4.69, 9.17) is 13.9 Å². The third kappa shape index (κ3) is 3.11. The van der Waals surface area contributed by atoms with E-state index in [-0.39, 0.29) is 22.5 Å². The summed E-state index contributed by atoms with van der Waals surface area (Å²) in [5.41, 5.74) is -1.29. The van der Waals surface area contributed by atoms with Gasteiger partial charge in [0.25, 0.3) is 0 Å². The average molecular weight is 477 g/mol. The minimum Gasteiger partial charge on any atom is -0.468 e. The molecular formula is C27H44O5Si. The summed E-state index contributed by atoms with van der Waals surface area (Å²) in [7, 11) is -0.666. The van der Waals surface area contributed by atoms with Crippen molar-refractivity contribution in [1.29, 1.82) is 0 Å². The van der Waals surface area contributed by atoms with Gasteiger partial charge in [-0.15, -0.1) is 0 Å². The van der Waals surface area contributed by atoms with Crippen molar-refractivity contribution in [3.8, 4) is 0 Å². The van der Waals surface area contributed by atoms with Gasteiger partial charge in [0.1, 0.15) is 5.60 Å². The van der Waals surface area contributed by atoms with Gasteiger partial charge >= 0.3 is 11.9 Å². The number of ether oxygens (including phenoxy) is 2. The fraction of sp³-hybridized carbons (Fsp3) is 0.852.